The molecule has 1 heterocycles. The van der Waals surface area contributed by atoms with Crippen LogP contribution in [-0.4, -0.2) is 17.6 Å². The summed E-state index contributed by atoms with van der Waals surface area (Å²) >= 11 is 0. The van der Waals surface area contributed by atoms with Crippen LogP contribution in [0.15, 0.2) is 24.4 Å². The number of carbonyl (C=O) groups is 1. The lowest BCUT2D eigenvalue weighted by Crippen LogP contribution is -2.15. The third-order valence-electron chi connectivity index (χ3n) is 5.47. The molecule has 1 aliphatic rings. The second kappa shape index (κ2) is 7.74. The van der Waals surface area contributed by atoms with Gasteiger partial charge in [-0.2, -0.15) is 5.26 Å². The van der Waals surface area contributed by atoms with E-state index in [2.05, 4.69) is 35.9 Å². The minimum Gasteiger partial charge on any atom is -0.469 e. The van der Waals surface area contributed by atoms with Crippen molar-refractivity contribution in [3.05, 3.63) is 35.5 Å². The fraction of sp³-hybridized carbons (Fsp3) is 0.524. The van der Waals surface area contributed by atoms with Crippen molar-refractivity contribution in [1.82, 2.24) is 4.57 Å². The van der Waals surface area contributed by atoms with Gasteiger partial charge in [-0.1, -0.05) is 31.4 Å². The fourth-order valence-corrected chi connectivity index (χ4v) is 4.08. The van der Waals surface area contributed by atoms with Gasteiger partial charge in [0.1, 0.15) is 0 Å². The molecule has 0 N–H and O–H groups in total. The summed E-state index contributed by atoms with van der Waals surface area (Å²) in [6, 6.07) is 8.21. The number of rotatable bonds is 5. The molecule has 0 aliphatic heterocycles. The smallest absolute Gasteiger partial charge is 0.314 e. The van der Waals surface area contributed by atoms with E-state index in [-0.39, 0.29) is 12.4 Å². The first-order valence-corrected chi connectivity index (χ1v) is 9.18. The van der Waals surface area contributed by atoms with Crippen molar-refractivity contribution in [2.45, 2.75) is 57.9 Å². The van der Waals surface area contributed by atoms with Crippen LogP contribution >= 0.6 is 0 Å². The van der Waals surface area contributed by atoms with Crippen LogP contribution in [0.25, 0.3) is 10.9 Å². The first kappa shape index (κ1) is 17.5. The molecule has 0 bridgehead atoms. The lowest BCUT2D eigenvalue weighted by atomic mass is 9.89. The summed E-state index contributed by atoms with van der Waals surface area (Å²) in [6.45, 7) is 3.17. The third kappa shape index (κ3) is 3.71. The molecule has 1 aromatic heterocycles. The van der Waals surface area contributed by atoms with Crippen molar-refractivity contribution in [1.29, 1.82) is 5.26 Å². The van der Waals surface area contributed by atoms with E-state index in [4.69, 9.17) is 10.00 Å². The molecule has 3 rings (SSSR count). The van der Waals surface area contributed by atoms with Gasteiger partial charge in [0.05, 0.1) is 25.5 Å². The minimum absolute atomic E-state index is 0.139. The molecular weight excluding hydrogens is 312 g/mol. The van der Waals surface area contributed by atoms with Gasteiger partial charge in [-0.3, -0.25) is 4.79 Å². The molecule has 2 aromatic rings. The first-order chi connectivity index (χ1) is 12.1. The molecule has 0 spiro atoms. The molecule has 1 atom stereocenters. The van der Waals surface area contributed by atoms with Crippen molar-refractivity contribution in [3.8, 4) is 6.07 Å². The van der Waals surface area contributed by atoms with Gasteiger partial charge >= 0.3 is 5.97 Å². The lowest BCUT2D eigenvalue weighted by molar-refractivity contribution is -0.142. The van der Waals surface area contributed by atoms with Gasteiger partial charge in [0, 0.05) is 23.6 Å². The number of esters is 1. The van der Waals surface area contributed by atoms with Crippen LogP contribution in [0.3, 0.4) is 0 Å². The maximum atomic E-state index is 12.1. The van der Waals surface area contributed by atoms with Crippen LogP contribution in [0, 0.1) is 24.2 Å². The highest BCUT2D eigenvalue weighted by Gasteiger charge is 2.23. The maximum absolute atomic E-state index is 12.1. The predicted octanol–water partition coefficient (Wildman–Crippen LogP) is 4.70. The van der Waals surface area contributed by atoms with Crippen LogP contribution in [0.5, 0.6) is 0 Å². The minimum atomic E-state index is -0.516. The zero-order valence-electron chi connectivity index (χ0n) is 15.1. The first-order valence-electron chi connectivity index (χ1n) is 9.18. The number of nitriles is 1. The molecule has 1 unspecified atom stereocenters. The molecule has 1 fully saturated rings. The lowest BCUT2D eigenvalue weighted by Gasteiger charge is -2.22. The van der Waals surface area contributed by atoms with Gasteiger partial charge in [0.25, 0.3) is 0 Å². The second-order valence-corrected chi connectivity index (χ2v) is 7.18. The van der Waals surface area contributed by atoms with E-state index in [0.29, 0.717) is 0 Å². The highest BCUT2D eigenvalue weighted by atomic mass is 16.5. The van der Waals surface area contributed by atoms with Crippen LogP contribution < -0.4 is 0 Å². The van der Waals surface area contributed by atoms with E-state index < -0.39 is 5.92 Å². The van der Waals surface area contributed by atoms with Crippen LogP contribution in [0.4, 0.5) is 0 Å². The van der Waals surface area contributed by atoms with Crippen LogP contribution in [0.1, 0.15) is 55.6 Å². The van der Waals surface area contributed by atoms with Gasteiger partial charge in [-0.05, 0) is 42.9 Å². The van der Waals surface area contributed by atoms with E-state index in [0.717, 1.165) is 23.5 Å². The molecule has 4 nitrogen and oxygen atoms in total. The van der Waals surface area contributed by atoms with Crippen molar-refractivity contribution in [3.63, 3.8) is 0 Å². The van der Waals surface area contributed by atoms with Gasteiger partial charge in [-0.15, -0.1) is 0 Å². The number of methoxy groups -OCH3 is 1. The number of fused-ring (bicyclic) bond motifs is 1. The highest BCUT2D eigenvalue weighted by molar-refractivity contribution is 5.86. The monoisotopic (exact) mass is 338 g/mol. The summed E-state index contributed by atoms with van der Waals surface area (Å²) in [5.74, 6) is -0.122. The molecule has 25 heavy (non-hydrogen) atoms. The molecular formula is C21H26N2O2. The van der Waals surface area contributed by atoms with Crippen molar-refractivity contribution in [2.24, 2.45) is 5.92 Å². The Kier molecular flexibility index (Phi) is 5.43. The number of carbonyl (C=O) groups excluding carboxylic acids is 1. The number of aryl methyl sites for hydroxylation is 1. The Hall–Kier alpha value is -2.28. The van der Waals surface area contributed by atoms with E-state index >= 15 is 0 Å². The fourth-order valence-electron chi connectivity index (χ4n) is 4.08. The highest BCUT2D eigenvalue weighted by Crippen LogP contribution is 2.31. The van der Waals surface area contributed by atoms with Crippen LogP contribution in [-0.2, 0) is 16.1 Å². The average molecular weight is 338 g/mol. The summed E-state index contributed by atoms with van der Waals surface area (Å²) in [6.07, 6.45) is 9.00. The summed E-state index contributed by atoms with van der Waals surface area (Å²) in [5, 5.41) is 10.3. The summed E-state index contributed by atoms with van der Waals surface area (Å²) in [4.78, 5) is 12.1. The van der Waals surface area contributed by atoms with Crippen LogP contribution in [0.2, 0.25) is 0 Å². The van der Waals surface area contributed by atoms with Gasteiger partial charge < -0.3 is 9.30 Å². The molecule has 0 amide bonds. The zero-order chi connectivity index (χ0) is 17.8. The van der Waals surface area contributed by atoms with Crippen molar-refractivity contribution in [2.75, 3.05) is 7.11 Å². The number of ether oxygens (including phenoxy) is 1. The normalized spacial score (nSPS) is 16.5. The molecule has 4 heteroatoms. The second-order valence-electron chi connectivity index (χ2n) is 7.18. The quantitative estimate of drug-likeness (QED) is 0.743. The summed E-state index contributed by atoms with van der Waals surface area (Å²) < 4.78 is 7.23. The van der Waals surface area contributed by atoms with E-state index in [1.54, 1.807) is 0 Å². The number of benzene rings is 1. The predicted molar refractivity (Wildman–Crippen MR) is 98.2 cm³/mol. The van der Waals surface area contributed by atoms with E-state index in [1.165, 1.54) is 50.2 Å². The van der Waals surface area contributed by atoms with Crippen molar-refractivity contribution < 1.29 is 9.53 Å². The molecule has 1 aromatic carbocycles. The standard InChI is InChI=1S/C21H26N2O2/c1-15-13-23(14-16-6-4-3-5-7-16)20-12-17(8-9-18(15)20)19(10-11-22)21(24)25-2/h8-9,12-13,16,19H,3-7,10,14H2,1-2H3. The molecule has 1 saturated carbocycles. The van der Waals surface area contributed by atoms with Crippen molar-refractivity contribution >= 4 is 16.9 Å². The van der Waals surface area contributed by atoms with Gasteiger partial charge in [-0.25, -0.2) is 0 Å². The van der Waals surface area contributed by atoms with Gasteiger partial charge in [0.15, 0.2) is 0 Å². The topological polar surface area (TPSA) is 55.0 Å². The Balaban J connectivity index is 1.96. The SMILES string of the molecule is COC(=O)C(CC#N)c1ccc2c(C)cn(CC3CCCCC3)c2c1. The Morgan fingerprint density at radius 3 is 2.80 bits per heavy atom. The largest absolute Gasteiger partial charge is 0.469 e. The summed E-state index contributed by atoms with van der Waals surface area (Å²) in [7, 11) is 1.38. The Labute approximate surface area is 149 Å². The molecule has 0 saturated heterocycles. The Bertz CT molecular complexity index is 794. The average Bonchev–Trinajstić information content (AvgIpc) is 2.95. The number of nitrogens with zero attached hydrogens (tertiary/aromatic N) is 2. The van der Waals surface area contributed by atoms with Gasteiger partial charge in [0.2, 0.25) is 0 Å². The molecule has 1 aliphatic carbocycles. The number of hydrogen-bond donors (Lipinski definition) is 0. The molecule has 0 radical (unpaired) electrons. The Morgan fingerprint density at radius 1 is 1.36 bits per heavy atom. The number of aromatic nitrogens is 1. The third-order valence-corrected chi connectivity index (χ3v) is 5.47. The number of hydrogen-bond acceptors (Lipinski definition) is 3. The van der Waals surface area contributed by atoms with E-state index in [1.807, 2.05) is 6.07 Å². The van der Waals surface area contributed by atoms with E-state index in [9.17, 15) is 4.79 Å². The Morgan fingerprint density at radius 2 is 2.12 bits per heavy atom. The maximum Gasteiger partial charge on any atom is 0.314 e. The zero-order valence-corrected chi connectivity index (χ0v) is 15.1. The summed E-state index contributed by atoms with van der Waals surface area (Å²) in [5.41, 5.74) is 3.28. The molecule has 132 valence electrons.